The molecule has 13 nitrogen and oxygen atoms in total. The number of allylic oxidation sites excluding steroid dienone is 4. The molecule has 1 atom stereocenters. The minimum absolute atomic E-state index is 0.0799. The lowest BCUT2D eigenvalue weighted by atomic mass is 9.81. The van der Waals surface area contributed by atoms with Crippen LogP contribution in [0.15, 0.2) is 99.4 Å². The largest absolute Gasteiger partial charge is 0.492 e. The summed E-state index contributed by atoms with van der Waals surface area (Å²) in [6.07, 6.45) is 55.5. The molecule has 4 aromatic carbocycles. The van der Waals surface area contributed by atoms with Crippen molar-refractivity contribution in [3.05, 3.63) is 128 Å². The third kappa shape index (κ3) is 23.9. The molecule has 14 heteroatoms. The van der Waals surface area contributed by atoms with Crippen LogP contribution in [-0.4, -0.2) is 74.9 Å². The van der Waals surface area contributed by atoms with Gasteiger partial charge in [0.2, 0.25) is 29.2 Å². The van der Waals surface area contributed by atoms with Gasteiger partial charge < -0.3 is 29.7 Å². The van der Waals surface area contributed by atoms with E-state index in [1.807, 2.05) is 12.3 Å². The molecule has 3 N–H and O–H groups in total. The Morgan fingerprint density at radius 1 is 0.627 bits per heavy atom. The zero-order chi connectivity index (χ0) is 73.1. The zero-order valence-electron chi connectivity index (χ0n) is 65.1. The van der Waals surface area contributed by atoms with E-state index in [1.165, 1.54) is 272 Å². The van der Waals surface area contributed by atoms with Crippen LogP contribution in [0.4, 0.5) is 11.4 Å². The summed E-state index contributed by atoms with van der Waals surface area (Å²) in [6, 6.07) is 20.6. The van der Waals surface area contributed by atoms with E-state index < -0.39 is 6.04 Å². The van der Waals surface area contributed by atoms with Gasteiger partial charge in [-0.2, -0.15) is 9.68 Å². The molecule has 3 aliphatic rings. The number of carbonyl (C=O) groups excluding carboxylic acids is 3. The molecule has 3 amide bonds. The van der Waals surface area contributed by atoms with Gasteiger partial charge in [0.15, 0.2) is 22.6 Å². The smallest absolute Gasteiger partial charge is 0.240 e. The number of hydrogen-bond acceptors (Lipinski definition) is 10. The number of amides is 3. The number of ether oxygens (including phenoxy) is 3. The van der Waals surface area contributed by atoms with Gasteiger partial charge in [-0.25, -0.2) is 5.43 Å². The molecular formula is C88H131N6O7S+. The van der Waals surface area contributed by atoms with Crippen LogP contribution < -0.4 is 40.6 Å². The van der Waals surface area contributed by atoms with Gasteiger partial charge in [-0.15, -0.1) is 11.8 Å². The Morgan fingerprint density at radius 2 is 1.18 bits per heavy atom. The van der Waals surface area contributed by atoms with Gasteiger partial charge in [-0.3, -0.25) is 19.2 Å². The topological polar surface area (TPSA) is 151 Å². The Hall–Kier alpha value is -6.67. The molecule has 0 fully saturated rings. The summed E-state index contributed by atoms with van der Waals surface area (Å²) < 4.78 is 20.5. The van der Waals surface area contributed by atoms with Crippen LogP contribution in [0.5, 0.6) is 17.2 Å². The van der Waals surface area contributed by atoms with E-state index >= 15 is 0 Å². The number of rotatable bonds is 49. The molecule has 0 spiro atoms. The van der Waals surface area contributed by atoms with E-state index in [2.05, 4.69) is 133 Å². The quantitative estimate of drug-likeness (QED) is 0.0129. The molecular weight excluding hydrogens is 1290 g/mol. The molecule has 2 aliphatic heterocycles. The number of nitrogens with zero attached hydrogens (tertiary/aromatic N) is 3. The zero-order valence-corrected chi connectivity index (χ0v) is 65.9. The van der Waals surface area contributed by atoms with Crippen LogP contribution in [0.25, 0.3) is 11.1 Å². The second kappa shape index (κ2) is 44.2. The third-order valence-corrected chi connectivity index (χ3v) is 22.5. The number of nitrogens with one attached hydrogen (secondary N) is 3. The second-order valence-corrected chi connectivity index (χ2v) is 31.0. The summed E-state index contributed by atoms with van der Waals surface area (Å²) in [5.74, 6) is 0.374. The lowest BCUT2D eigenvalue weighted by Crippen LogP contribution is -2.28. The van der Waals surface area contributed by atoms with E-state index in [1.54, 1.807) is 19.2 Å². The van der Waals surface area contributed by atoms with Gasteiger partial charge in [0.25, 0.3) is 0 Å². The number of thioether (sulfide) groups is 1. The number of unbranched alkanes of at least 4 members (excludes halogenated alkanes) is 30. The van der Waals surface area contributed by atoms with Gasteiger partial charge in [0.1, 0.15) is 6.54 Å². The van der Waals surface area contributed by atoms with Crippen molar-refractivity contribution in [2.24, 2.45) is 5.10 Å². The maximum Gasteiger partial charge on any atom is 0.240 e. The first-order chi connectivity index (χ1) is 49.5. The second-order valence-electron chi connectivity index (χ2n) is 30.2. The van der Waals surface area contributed by atoms with Gasteiger partial charge >= 0.3 is 0 Å². The summed E-state index contributed by atoms with van der Waals surface area (Å²) in [5.41, 5.74) is 14.4. The minimum atomic E-state index is -0.480. The highest BCUT2D eigenvalue weighted by Gasteiger charge is 2.44. The molecule has 0 unspecified atom stereocenters. The summed E-state index contributed by atoms with van der Waals surface area (Å²) in [7, 11) is 4.60. The summed E-state index contributed by atoms with van der Waals surface area (Å²) in [4.78, 5) is 56.1. The van der Waals surface area contributed by atoms with Gasteiger partial charge in [0, 0.05) is 84.9 Å². The lowest BCUT2D eigenvalue weighted by molar-refractivity contribution is -0.438. The van der Waals surface area contributed by atoms with E-state index in [9.17, 15) is 19.2 Å². The standard InChI is InChI=1S/C88H130N6O7S/c1-12-14-16-18-20-22-24-26-27-28-29-30-31-32-33-35-37-38-40-44-60-93-75-49-43-42-48-72(75)87(4,5)79(93)50-46-51-80-88(6,7)73-62-67(54-58-76(73)94(80)61-45-41-39-36-34-25-23-21-19-17-15-13-2)64-89-81(97)52-47-53-82(98)92-90-65-71-69-55-57-74(91-66(3)95)70-63-77(96)78(102-11)59-56-68(70)83(69)85(100-9)86(101-10)84(71)99-8/h42-43,46,48-51,54,56,58-59,62-63,65,74H,12-41,44-45,47,52-53,55,57,60-61,64H2,1-11H3,(H2-,89,91,92,95,97,98)/p+1/b90-65-/t74-/m0/s1. The Kier molecular flexibility index (Phi) is 35.8. The molecule has 1 aliphatic carbocycles. The number of hydrazone groups is 1. The SMILES string of the molecule is CCCCCCCCCCCCCCCCCCCCCC[N+]1=C(/C=C/C=C2\N(CCCCCCCCCCCCCC)c3ccc(CNC(=O)CCCC(=O)N/N=C\c4c5c(c(OC)c(OC)c4OC)-c4ccc(SC)c(=O)cc4[C@@H](NC(C)=O)CC5)cc3C2(C)C)C(C)(C)c2ccccc21. The molecule has 560 valence electrons. The highest BCUT2D eigenvalue weighted by Crippen LogP contribution is 2.53. The molecule has 102 heavy (non-hydrogen) atoms. The minimum Gasteiger partial charge on any atom is -0.492 e. The Labute approximate surface area is 620 Å². The van der Waals surface area contributed by atoms with E-state index in [0.29, 0.717) is 70.2 Å². The van der Waals surface area contributed by atoms with Crippen molar-refractivity contribution < 1.29 is 33.2 Å². The molecule has 0 radical (unpaired) electrons. The van der Waals surface area contributed by atoms with Crippen LogP contribution in [0, 0.1) is 0 Å². The Morgan fingerprint density at radius 3 is 1.74 bits per heavy atom. The Bertz CT molecular complexity index is 3490. The fraction of sp³-hybridized carbons (Fsp3) is 0.614. The van der Waals surface area contributed by atoms with Crippen LogP contribution in [0.1, 0.15) is 319 Å². The first kappa shape index (κ1) is 82.6. The van der Waals surface area contributed by atoms with E-state index in [4.69, 9.17) is 14.2 Å². The molecule has 0 bridgehead atoms. The summed E-state index contributed by atoms with van der Waals surface area (Å²) in [5, 5.41) is 10.6. The number of anilines is 1. The first-order valence-electron chi connectivity index (χ1n) is 40.0. The number of para-hydroxylation sites is 1. The fourth-order valence-corrected chi connectivity index (χ4v) is 16.4. The number of benzene rings is 3. The monoisotopic (exact) mass is 1420 g/mol. The molecule has 0 aromatic heterocycles. The van der Waals surface area contributed by atoms with Crippen LogP contribution in [0.2, 0.25) is 0 Å². The van der Waals surface area contributed by atoms with Crippen molar-refractivity contribution in [3.63, 3.8) is 0 Å². The Balaban J connectivity index is 0.961. The molecule has 0 saturated heterocycles. The fourth-order valence-electron chi connectivity index (χ4n) is 15.9. The number of methoxy groups -OCH3 is 3. The van der Waals surface area contributed by atoms with Crippen LogP contribution in [-0.2, 0) is 38.2 Å². The average molecular weight is 1420 g/mol. The van der Waals surface area contributed by atoms with Gasteiger partial charge in [-0.1, -0.05) is 256 Å². The first-order valence-corrected chi connectivity index (χ1v) is 41.3. The van der Waals surface area contributed by atoms with E-state index in [-0.39, 0.29) is 46.8 Å². The maximum atomic E-state index is 13.5. The molecule has 2 heterocycles. The highest BCUT2D eigenvalue weighted by atomic mass is 32.2. The summed E-state index contributed by atoms with van der Waals surface area (Å²) in [6.45, 7) is 17.9. The maximum absolute atomic E-state index is 13.5. The lowest BCUT2D eigenvalue weighted by Gasteiger charge is -2.27. The normalized spacial score (nSPS) is 15.4. The highest BCUT2D eigenvalue weighted by molar-refractivity contribution is 7.98. The van der Waals surface area contributed by atoms with Gasteiger partial charge in [-0.05, 0) is 104 Å². The van der Waals surface area contributed by atoms with Crippen molar-refractivity contribution >= 4 is 52.8 Å². The van der Waals surface area contributed by atoms with Crippen molar-refractivity contribution in [3.8, 4) is 28.4 Å². The van der Waals surface area contributed by atoms with Crippen LogP contribution in [0.3, 0.4) is 0 Å². The van der Waals surface area contributed by atoms with Crippen molar-refractivity contribution in [2.45, 2.75) is 314 Å². The molecule has 7 rings (SSSR count). The predicted molar refractivity (Wildman–Crippen MR) is 428 cm³/mol. The summed E-state index contributed by atoms with van der Waals surface area (Å²) >= 11 is 1.35. The number of hydrogen-bond donors (Lipinski definition) is 3. The van der Waals surface area contributed by atoms with Gasteiger partial charge in [0.05, 0.1) is 43.9 Å². The average Bonchev–Trinajstić information content (AvgIpc) is 1.54. The van der Waals surface area contributed by atoms with Crippen molar-refractivity contribution in [1.29, 1.82) is 0 Å². The van der Waals surface area contributed by atoms with Crippen LogP contribution >= 0.6 is 11.8 Å². The van der Waals surface area contributed by atoms with Crippen molar-refractivity contribution in [2.75, 3.05) is 45.6 Å². The molecule has 0 saturated carbocycles. The van der Waals surface area contributed by atoms with E-state index in [0.717, 1.165) is 30.6 Å². The predicted octanol–water partition coefficient (Wildman–Crippen LogP) is 21.7. The third-order valence-electron chi connectivity index (χ3n) is 21.7. The number of fused-ring (bicyclic) bond motifs is 5. The van der Waals surface area contributed by atoms with Crippen molar-refractivity contribution in [1.82, 2.24) is 16.1 Å². The molecule has 4 aromatic rings. The number of carbonyl (C=O) groups is 3.